The van der Waals surface area contributed by atoms with Gasteiger partial charge in [0.15, 0.2) is 0 Å². The molecule has 0 saturated carbocycles. The molecule has 0 aliphatic carbocycles. The highest BCUT2D eigenvalue weighted by molar-refractivity contribution is 5.00. The molecule has 1 saturated heterocycles. The molecule has 1 aromatic rings. The van der Waals surface area contributed by atoms with Gasteiger partial charge in [-0.25, -0.2) is 0 Å². The molecule has 1 fully saturated rings. The molecule has 96 valence electrons. The van der Waals surface area contributed by atoms with Crippen LogP contribution in [0.25, 0.3) is 0 Å². The van der Waals surface area contributed by atoms with E-state index < -0.39 is 0 Å². The highest BCUT2D eigenvalue weighted by Crippen LogP contribution is 2.20. The molecule has 1 N–H and O–H groups in total. The fraction of sp³-hybridized carbons (Fsp3) is 0.769. The van der Waals surface area contributed by atoms with Gasteiger partial charge in [-0.05, 0) is 39.7 Å². The lowest BCUT2D eigenvalue weighted by Crippen LogP contribution is -2.46. The normalized spacial score (nSPS) is 19.8. The molecule has 4 nitrogen and oxygen atoms in total. The third-order valence-corrected chi connectivity index (χ3v) is 3.49. The lowest BCUT2D eigenvalue weighted by molar-refractivity contribution is 0.0444. The Balaban J connectivity index is 1.88. The summed E-state index contributed by atoms with van der Waals surface area (Å²) in [5.41, 5.74) is 1.33. The lowest BCUT2D eigenvalue weighted by Gasteiger charge is -2.34. The molecule has 2 heterocycles. The van der Waals surface area contributed by atoms with E-state index >= 15 is 0 Å². The van der Waals surface area contributed by atoms with Crippen molar-refractivity contribution in [2.24, 2.45) is 0 Å². The maximum Gasteiger partial charge on any atom is 0.0762 e. The van der Waals surface area contributed by atoms with Crippen LogP contribution in [0, 0.1) is 0 Å². The molecule has 1 aliphatic rings. The Hall–Kier alpha value is -0.870. The van der Waals surface area contributed by atoms with E-state index in [0.29, 0.717) is 6.04 Å². The molecule has 1 aliphatic heterocycles. The van der Waals surface area contributed by atoms with Crippen LogP contribution in [0.3, 0.4) is 0 Å². The van der Waals surface area contributed by atoms with Gasteiger partial charge >= 0.3 is 0 Å². The first kappa shape index (κ1) is 12.6. The van der Waals surface area contributed by atoms with Gasteiger partial charge in [-0.1, -0.05) is 0 Å². The third kappa shape index (κ3) is 3.30. The van der Waals surface area contributed by atoms with Crippen molar-refractivity contribution in [2.45, 2.75) is 51.7 Å². The maximum atomic E-state index is 5.39. The van der Waals surface area contributed by atoms with Crippen LogP contribution in [0.1, 0.15) is 45.3 Å². The fourth-order valence-corrected chi connectivity index (χ4v) is 2.06. The summed E-state index contributed by atoms with van der Waals surface area (Å²) in [6.45, 7) is 9.13. The number of aromatic nitrogens is 2. The number of hydrogen-bond donors (Lipinski definition) is 1. The van der Waals surface area contributed by atoms with Gasteiger partial charge in [-0.3, -0.25) is 4.68 Å². The summed E-state index contributed by atoms with van der Waals surface area (Å²) in [6.07, 6.45) is 4.21. The van der Waals surface area contributed by atoms with Crippen molar-refractivity contribution in [2.75, 3.05) is 13.2 Å². The molecule has 0 aromatic carbocycles. The SMILES string of the molecule is CC(C)n1ccc(CNC2(C)CCOCC2)n1. The van der Waals surface area contributed by atoms with Crippen LogP contribution in [0.15, 0.2) is 12.3 Å². The van der Waals surface area contributed by atoms with Gasteiger partial charge < -0.3 is 10.1 Å². The second kappa shape index (κ2) is 5.19. The van der Waals surface area contributed by atoms with E-state index in [1.807, 2.05) is 10.9 Å². The van der Waals surface area contributed by atoms with Crippen molar-refractivity contribution in [1.82, 2.24) is 15.1 Å². The van der Waals surface area contributed by atoms with E-state index in [2.05, 4.69) is 37.3 Å². The van der Waals surface area contributed by atoms with Crippen LogP contribution >= 0.6 is 0 Å². The summed E-state index contributed by atoms with van der Waals surface area (Å²) in [5.74, 6) is 0. The van der Waals surface area contributed by atoms with E-state index in [0.717, 1.165) is 38.3 Å². The van der Waals surface area contributed by atoms with Gasteiger partial charge in [0.2, 0.25) is 0 Å². The van der Waals surface area contributed by atoms with Gasteiger partial charge in [0.25, 0.3) is 0 Å². The molecule has 4 heteroatoms. The Morgan fingerprint density at radius 1 is 1.47 bits per heavy atom. The van der Waals surface area contributed by atoms with Crippen molar-refractivity contribution in [3.05, 3.63) is 18.0 Å². The molecule has 0 bridgehead atoms. The second-order valence-electron chi connectivity index (χ2n) is 5.41. The Morgan fingerprint density at radius 2 is 2.18 bits per heavy atom. The van der Waals surface area contributed by atoms with Crippen molar-refractivity contribution < 1.29 is 4.74 Å². The predicted octanol–water partition coefficient (Wildman–Crippen LogP) is 2.12. The van der Waals surface area contributed by atoms with E-state index in [1.165, 1.54) is 0 Å². The molecule has 17 heavy (non-hydrogen) atoms. The van der Waals surface area contributed by atoms with Gasteiger partial charge in [0.1, 0.15) is 0 Å². The minimum atomic E-state index is 0.208. The average Bonchev–Trinajstić information content (AvgIpc) is 2.76. The summed E-state index contributed by atoms with van der Waals surface area (Å²) in [5, 5.41) is 8.16. The number of nitrogens with zero attached hydrogens (tertiary/aromatic N) is 2. The van der Waals surface area contributed by atoms with Crippen LogP contribution in [-0.4, -0.2) is 28.5 Å². The standard InChI is InChI=1S/C13H23N3O/c1-11(2)16-7-4-12(15-16)10-14-13(3)5-8-17-9-6-13/h4,7,11,14H,5-6,8-10H2,1-3H3. The summed E-state index contributed by atoms with van der Waals surface area (Å²) >= 11 is 0. The van der Waals surface area contributed by atoms with Crippen molar-refractivity contribution in [3.63, 3.8) is 0 Å². The van der Waals surface area contributed by atoms with E-state index in [1.54, 1.807) is 0 Å². The van der Waals surface area contributed by atoms with Gasteiger partial charge in [0.05, 0.1) is 5.69 Å². The molecule has 1 aromatic heterocycles. The Bertz CT molecular complexity index is 353. The van der Waals surface area contributed by atoms with E-state index in [4.69, 9.17) is 4.74 Å². The number of nitrogens with one attached hydrogen (secondary N) is 1. The van der Waals surface area contributed by atoms with Gasteiger partial charge in [-0.2, -0.15) is 5.10 Å². The van der Waals surface area contributed by atoms with E-state index in [-0.39, 0.29) is 5.54 Å². The largest absolute Gasteiger partial charge is 0.381 e. The first-order chi connectivity index (χ1) is 8.09. The van der Waals surface area contributed by atoms with Crippen molar-refractivity contribution in [3.8, 4) is 0 Å². The van der Waals surface area contributed by atoms with Crippen LogP contribution in [0.2, 0.25) is 0 Å². The summed E-state index contributed by atoms with van der Waals surface area (Å²) in [6, 6.07) is 2.53. The third-order valence-electron chi connectivity index (χ3n) is 3.49. The van der Waals surface area contributed by atoms with Crippen molar-refractivity contribution in [1.29, 1.82) is 0 Å². The van der Waals surface area contributed by atoms with Crippen LogP contribution in [-0.2, 0) is 11.3 Å². The first-order valence-corrected chi connectivity index (χ1v) is 6.46. The quantitative estimate of drug-likeness (QED) is 0.872. The number of rotatable bonds is 4. The van der Waals surface area contributed by atoms with Gasteiger partial charge in [0, 0.05) is 37.5 Å². The molecule has 0 atom stereocenters. The average molecular weight is 237 g/mol. The topological polar surface area (TPSA) is 39.1 Å². The van der Waals surface area contributed by atoms with Gasteiger partial charge in [-0.15, -0.1) is 0 Å². The molecular formula is C13H23N3O. The summed E-state index contributed by atoms with van der Waals surface area (Å²) in [7, 11) is 0. The van der Waals surface area contributed by atoms with Crippen molar-refractivity contribution >= 4 is 0 Å². The lowest BCUT2D eigenvalue weighted by atomic mass is 9.92. The molecule has 0 unspecified atom stereocenters. The molecular weight excluding hydrogens is 214 g/mol. The Labute approximate surface area is 103 Å². The zero-order chi connectivity index (χ0) is 12.3. The molecule has 0 radical (unpaired) electrons. The van der Waals surface area contributed by atoms with E-state index in [9.17, 15) is 0 Å². The molecule has 0 spiro atoms. The predicted molar refractivity (Wildman–Crippen MR) is 67.9 cm³/mol. The summed E-state index contributed by atoms with van der Waals surface area (Å²) in [4.78, 5) is 0. The molecule has 0 amide bonds. The van der Waals surface area contributed by atoms with Crippen LogP contribution in [0.4, 0.5) is 0 Å². The number of ether oxygens (including phenoxy) is 1. The summed E-state index contributed by atoms with van der Waals surface area (Å²) < 4.78 is 7.40. The monoisotopic (exact) mass is 237 g/mol. The highest BCUT2D eigenvalue weighted by Gasteiger charge is 2.26. The number of hydrogen-bond acceptors (Lipinski definition) is 3. The highest BCUT2D eigenvalue weighted by atomic mass is 16.5. The fourth-order valence-electron chi connectivity index (χ4n) is 2.06. The first-order valence-electron chi connectivity index (χ1n) is 6.46. The van der Waals surface area contributed by atoms with Crippen LogP contribution < -0.4 is 5.32 Å². The maximum absolute atomic E-state index is 5.39. The Morgan fingerprint density at radius 3 is 2.76 bits per heavy atom. The Kier molecular flexibility index (Phi) is 3.84. The minimum absolute atomic E-state index is 0.208. The molecule has 2 rings (SSSR count). The van der Waals surface area contributed by atoms with Crippen LogP contribution in [0.5, 0.6) is 0 Å². The smallest absolute Gasteiger partial charge is 0.0762 e. The zero-order valence-corrected chi connectivity index (χ0v) is 11.1. The minimum Gasteiger partial charge on any atom is -0.381 e. The zero-order valence-electron chi connectivity index (χ0n) is 11.1. The second-order valence-corrected chi connectivity index (χ2v) is 5.41.